The van der Waals surface area contributed by atoms with Gasteiger partial charge in [0, 0.05) is 23.6 Å². The molecule has 0 spiro atoms. The minimum Gasteiger partial charge on any atom is -0.193 e. The van der Waals surface area contributed by atoms with Gasteiger partial charge in [-0.25, -0.2) is 0 Å². The standard InChI is InChI=1S/C23H24N/c1-17(2)24-22-15-9-14-20(22)21(18-10-5-3-6-11-18)16-23(24)19-12-7-4-8-13-19/h3-8,10-13,16-17H,9,14-15H2,1-2H3/q+1. The molecule has 1 nitrogen and oxygen atoms in total. The normalized spacial score (nSPS) is 13.3. The van der Waals surface area contributed by atoms with Gasteiger partial charge in [0.1, 0.15) is 0 Å². The smallest absolute Gasteiger partial charge is 0.193 e. The lowest BCUT2D eigenvalue weighted by Crippen LogP contribution is -2.43. The number of nitrogens with zero attached hydrogens (tertiary/aromatic N) is 1. The summed E-state index contributed by atoms with van der Waals surface area (Å²) in [5, 5.41) is 0. The fourth-order valence-corrected chi connectivity index (χ4v) is 4.02. The van der Waals surface area contributed by atoms with Crippen molar-refractivity contribution in [2.45, 2.75) is 39.2 Å². The van der Waals surface area contributed by atoms with Crippen molar-refractivity contribution in [3.63, 3.8) is 0 Å². The van der Waals surface area contributed by atoms with Crippen LogP contribution in [0.2, 0.25) is 0 Å². The second kappa shape index (κ2) is 6.24. The zero-order valence-electron chi connectivity index (χ0n) is 14.5. The van der Waals surface area contributed by atoms with Gasteiger partial charge in [0.15, 0.2) is 11.7 Å². The molecular formula is C23H24N+. The van der Waals surface area contributed by atoms with Crippen molar-refractivity contribution < 1.29 is 4.57 Å². The second-order valence-electron chi connectivity index (χ2n) is 6.92. The highest BCUT2D eigenvalue weighted by Gasteiger charge is 2.31. The van der Waals surface area contributed by atoms with Crippen LogP contribution in [0.15, 0.2) is 66.7 Å². The van der Waals surface area contributed by atoms with Crippen LogP contribution >= 0.6 is 0 Å². The predicted octanol–water partition coefficient (Wildman–Crippen LogP) is 5.38. The largest absolute Gasteiger partial charge is 0.213 e. The summed E-state index contributed by atoms with van der Waals surface area (Å²) < 4.78 is 2.56. The lowest BCUT2D eigenvalue weighted by Gasteiger charge is -2.15. The molecule has 4 rings (SSSR count). The number of aromatic nitrogens is 1. The zero-order chi connectivity index (χ0) is 16.5. The molecule has 1 aromatic heterocycles. The Morgan fingerprint density at radius 3 is 2.04 bits per heavy atom. The molecule has 0 atom stereocenters. The van der Waals surface area contributed by atoms with E-state index >= 15 is 0 Å². The SMILES string of the molecule is CC(C)[n+]1c(-c2ccccc2)cc(-c2ccccc2)c2c1CCC2. The molecule has 0 amide bonds. The molecule has 1 aliphatic rings. The van der Waals surface area contributed by atoms with Crippen molar-refractivity contribution in [2.24, 2.45) is 0 Å². The summed E-state index contributed by atoms with van der Waals surface area (Å²) in [7, 11) is 0. The molecule has 1 heterocycles. The molecule has 0 bridgehead atoms. The first kappa shape index (κ1) is 15.1. The fourth-order valence-electron chi connectivity index (χ4n) is 4.02. The maximum Gasteiger partial charge on any atom is 0.213 e. The molecule has 1 aliphatic carbocycles. The molecule has 0 unspecified atom stereocenters. The molecule has 120 valence electrons. The molecule has 0 fully saturated rings. The van der Waals surface area contributed by atoms with Crippen molar-refractivity contribution in [1.29, 1.82) is 0 Å². The summed E-state index contributed by atoms with van der Waals surface area (Å²) >= 11 is 0. The van der Waals surface area contributed by atoms with Crippen LogP contribution in [0.5, 0.6) is 0 Å². The van der Waals surface area contributed by atoms with Crippen LogP contribution in [0, 0.1) is 0 Å². The molecular weight excluding hydrogens is 290 g/mol. The average Bonchev–Trinajstić information content (AvgIpc) is 3.11. The van der Waals surface area contributed by atoms with Crippen LogP contribution in [0.1, 0.15) is 37.6 Å². The quantitative estimate of drug-likeness (QED) is 0.572. The first-order valence-electron chi connectivity index (χ1n) is 8.97. The highest BCUT2D eigenvalue weighted by Crippen LogP contribution is 2.34. The summed E-state index contributed by atoms with van der Waals surface area (Å²) in [6.07, 6.45) is 3.65. The van der Waals surface area contributed by atoms with Gasteiger partial charge in [-0.3, -0.25) is 0 Å². The third-order valence-electron chi connectivity index (χ3n) is 5.02. The van der Waals surface area contributed by atoms with E-state index in [4.69, 9.17) is 0 Å². The Morgan fingerprint density at radius 1 is 0.792 bits per heavy atom. The Bertz CT molecular complexity index is 848. The molecule has 0 N–H and O–H groups in total. The van der Waals surface area contributed by atoms with Gasteiger partial charge in [0.05, 0.1) is 0 Å². The van der Waals surface area contributed by atoms with E-state index in [0.29, 0.717) is 6.04 Å². The van der Waals surface area contributed by atoms with Crippen LogP contribution in [-0.2, 0) is 12.8 Å². The van der Waals surface area contributed by atoms with Crippen LogP contribution in [0.4, 0.5) is 0 Å². The summed E-state index contributed by atoms with van der Waals surface area (Å²) in [5.41, 5.74) is 8.48. The van der Waals surface area contributed by atoms with E-state index in [1.165, 1.54) is 47.3 Å². The summed E-state index contributed by atoms with van der Waals surface area (Å²) in [6.45, 7) is 4.60. The summed E-state index contributed by atoms with van der Waals surface area (Å²) in [5.74, 6) is 0. The molecule has 0 radical (unpaired) electrons. The topological polar surface area (TPSA) is 3.88 Å². The predicted molar refractivity (Wildman–Crippen MR) is 99.9 cm³/mol. The molecule has 0 saturated carbocycles. The minimum atomic E-state index is 0.469. The Balaban J connectivity index is 2.02. The number of pyridine rings is 1. The Labute approximate surface area is 144 Å². The van der Waals surface area contributed by atoms with E-state index in [9.17, 15) is 0 Å². The van der Waals surface area contributed by atoms with Crippen molar-refractivity contribution in [3.05, 3.63) is 78.0 Å². The van der Waals surface area contributed by atoms with Crippen molar-refractivity contribution >= 4 is 0 Å². The zero-order valence-corrected chi connectivity index (χ0v) is 14.5. The first-order chi connectivity index (χ1) is 11.8. The second-order valence-corrected chi connectivity index (χ2v) is 6.92. The van der Waals surface area contributed by atoms with Gasteiger partial charge in [-0.1, -0.05) is 48.5 Å². The van der Waals surface area contributed by atoms with Crippen molar-refractivity contribution in [3.8, 4) is 22.4 Å². The Hall–Kier alpha value is -2.41. The van der Waals surface area contributed by atoms with E-state index < -0.39 is 0 Å². The summed E-state index contributed by atoms with van der Waals surface area (Å²) in [4.78, 5) is 0. The monoisotopic (exact) mass is 314 g/mol. The fraction of sp³-hybridized carbons (Fsp3) is 0.261. The first-order valence-corrected chi connectivity index (χ1v) is 8.97. The van der Waals surface area contributed by atoms with E-state index in [1.54, 1.807) is 5.56 Å². The maximum absolute atomic E-state index is 2.56. The van der Waals surface area contributed by atoms with Gasteiger partial charge in [0.25, 0.3) is 0 Å². The number of hydrogen-bond acceptors (Lipinski definition) is 0. The van der Waals surface area contributed by atoms with Crippen molar-refractivity contribution in [2.75, 3.05) is 0 Å². The van der Waals surface area contributed by atoms with Crippen molar-refractivity contribution in [1.82, 2.24) is 0 Å². The van der Waals surface area contributed by atoms with Gasteiger partial charge in [-0.15, -0.1) is 0 Å². The molecule has 0 aliphatic heterocycles. The van der Waals surface area contributed by atoms with Crippen LogP contribution in [0.3, 0.4) is 0 Å². The van der Waals surface area contributed by atoms with Crippen LogP contribution < -0.4 is 4.57 Å². The van der Waals surface area contributed by atoms with Gasteiger partial charge < -0.3 is 0 Å². The third kappa shape index (κ3) is 2.54. The Morgan fingerprint density at radius 2 is 1.42 bits per heavy atom. The molecule has 24 heavy (non-hydrogen) atoms. The summed E-state index contributed by atoms with van der Waals surface area (Å²) in [6, 6.07) is 24.6. The lowest BCUT2D eigenvalue weighted by atomic mass is 9.96. The van der Waals surface area contributed by atoms with Gasteiger partial charge in [0.2, 0.25) is 5.69 Å². The average molecular weight is 314 g/mol. The van der Waals surface area contributed by atoms with E-state index in [0.717, 1.165) is 0 Å². The number of benzene rings is 2. The lowest BCUT2D eigenvalue weighted by molar-refractivity contribution is -0.712. The molecule has 0 saturated heterocycles. The van der Waals surface area contributed by atoms with E-state index in [2.05, 4.69) is 85.1 Å². The van der Waals surface area contributed by atoms with E-state index in [-0.39, 0.29) is 0 Å². The minimum absolute atomic E-state index is 0.469. The molecule has 2 aromatic carbocycles. The van der Waals surface area contributed by atoms with E-state index in [1.807, 2.05) is 0 Å². The molecule has 3 aromatic rings. The number of hydrogen-bond donors (Lipinski definition) is 0. The van der Waals surface area contributed by atoms with Gasteiger partial charge >= 0.3 is 0 Å². The maximum atomic E-state index is 2.56. The third-order valence-corrected chi connectivity index (χ3v) is 5.02. The highest BCUT2D eigenvalue weighted by atomic mass is 15.0. The number of fused-ring (bicyclic) bond motifs is 1. The van der Waals surface area contributed by atoms with Crippen LogP contribution in [-0.4, -0.2) is 0 Å². The highest BCUT2D eigenvalue weighted by molar-refractivity contribution is 5.73. The molecule has 1 heteroatoms. The number of rotatable bonds is 3. The Kier molecular flexibility index (Phi) is 3.93. The van der Waals surface area contributed by atoms with Gasteiger partial charge in [-0.2, -0.15) is 4.57 Å². The van der Waals surface area contributed by atoms with Gasteiger partial charge in [-0.05, 0) is 49.9 Å². The van der Waals surface area contributed by atoms with Crippen LogP contribution in [0.25, 0.3) is 22.4 Å².